The molecule has 3 heterocycles. The van der Waals surface area contributed by atoms with Gasteiger partial charge >= 0.3 is 0 Å². The lowest BCUT2D eigenvalue weighted by molar-refractivity contribution is -0.0719. The molecular weight excluding hydrogens is 348 g/mol. The number of rotatable bonds is 3. The van der Waals surface area contributed by atoms with Gasteiger partial charge in [-0.3, -0.25) is 0 Å². The van der Waals surface area contributed by atoms with Gasteiger partial charge in [0.25, 0.3) is 0 Å². The maximum atomic E-state index is 10.9. The Hall–Kier alpha value is -2.18. The highest BCUT2D eigenvalue weighted by Crippen LogP contribution is 2.44. The maximum Gasteiger partial charge on any atom is 0.199 e. The van der Waals surface area contributed by atoms with Crippen LogP contribution < -0.4 is 5.73 Å². The molecular formula is C19H24N4O4. The van der Waals surface area contributed by atoms with Crippen LogP contribution in [0.5, 0.6) is 0 Å². The van der Waals surface area contributed by atoms with Crippen molar-refractivity contribution in [2.45, 2.75) is 62.1 Å². The molecule has 1 aliphatic carbocycles. The van der Waals surface area contributed by atoms with Crippen LogP contribution >= 0.6 is 0 Å². The number of aliphatic hydroxyl groups excluding tert-OH is 2. The molecule has 2 aromatic rings. The Kier molecular flexibility index (Phi) is 4.56. The fraction of sp³-hybridized carbons (Fsp3) is 0.579. The van der Waals surface area contributed by atoms with Gasteiger partial charge in [0.2, 0.25) is 0 Å². The Morgan fingerprint density at radius 3 is 2.74 bits per heavy atom. The molecule has 0 spiro atoms. The number of aromatic nitrogens is 3. The summed E-state index contributed by atoms with van der Waals surface area (Å²) in [5, 5.41) is 31.5. The highest BCUT2D eigenvalue weighted by atomic mass is 16.6. The first-order valence-electron chi connectivity index (χ1n) is 9.26. The molecule has 5 N–H and O–H groups in total. The van der Waals surface area contributed by atoms with Gasteiger partial charge in [-0.15, -0.1) is 6.42 Å². The number of nitrogens with two attached hydrogens (primary N) is 1. The summed E-state index contributed by atoms with van der Waals surface area (Å²) in [7, 11) is 0. The van der Waals surface area contributed by atoms with Crippen molar-refractivity contribution >= 4 is 16.9 Å². The molecule has 8 nitrogen and oxygen atoms in total. The summed E-state index contributed by atoms with van der Waals surface area (Å²) in [5.41, 5.74) is 5.66. The third kappa shape index (κ3) is 2.70. The highest BCUT2D eigenvalue weighted by molar-refractivity contribution is 5.90. The summed E-state index contributed by atoms with van der Waals surface area (Å²) < 4.78 is 7.35. The normalized spacial score (nSPS) is 32.0. The molecule has 2 aliphatic rings. The van der Waals surface area contributed by atoms with Gasteiger partial charge in [0, 0.05) is 6.20 Å². The molecule has 0 radical (unpaired) electrons. The minimum Gasteiger partial charge on any atom is -0.394 e. The molecule has 0 aromatic carbocycles. The number of nitrogen functional groups attached to an aromatic ring is 1. The van der Waals surface area contributed by atoms with E-state index in [1.165, 1.54) is 12.7 Å². The van der Waals surface area contributed by atoms with Crippen LogP contribution in [0, 0.1) is 12.3 Å². The van der Waals surface area contributed by atoms with E-state index >= 15 is 0 Å². The number of fused-ring (bicyclic) bond motifs is 1. The number of ether oxygens (including phenoxy) is 1. The zero-order valence-electron chi connectivity index (χ0n) is 15.0. The molecule has 4 atom stereocenters. The van der Waals surface area contributed by atoms with Crippen LogP contribution in [0.2, 0.25) is 0 Å². The quantitative estimate of drug-likeness (QED) is 0.584. The molecule has 2 fully saturated rings. The van der Waals surface area contributed by atoms with E-state index < -0.39 is 30.6 Å². The molecule has 0 amide bonds. The van der Waals surface area contributed by atoms with Gasteiger partial charge in [-0.25, -0.2) is 9.97 Å². The van der Waals surface area contributed by atoms with E-state index in [9.17, 15) is 15.3 Å². The molecule has 1 saturated carbocycles. The molecule has 4 rings (SSSR count). The SMILES string of the molecule is C#C[C@@]1(O)[C@H](O)[C@@H](CO)O[C@H]1n1cc(C2CCCCC2)c2c(N)ncnc21. The van der Waals surface area contributed by atoms with Crippen molar-refractivity contribution in [1.29, 1.82) is 0 Å². The van der Waals surface area contributed by atoms with Crippen molar-refractivity contribution < 1.29 is 20.1 Å². The number of nitrogens with zero attached hydrogens (tertiary/aromatic N) is 3. The lowest BCUT2D eigenvalue weighted by Gasteiger charge is -2.26. The molecule has 2 aromatic heterocycles. The van der Waals surface area contributed by atoms with Crippen LogP contribution in [0.15, 0.2) is 12.5 Å². The average Bonchev–Trinajstić information content (AvgIpc) is 3.20. The first kappa shape index (κ1) is 18.2. The smallest absolute Gasteiger partial charge is 0.199 e. The fourth-order valence-electron chi connectivity index (χ4n) is 4.39. The summed E-state index contributed by atoms with van der Waals surface area (Å²) in [5.74, 6) is 2.92. The second kappa shape index (κ2) is 6.77. The van der Waals surface area contributed by atoms with Crippen LogP contribution in [0.3, 0.4) is 0 Å². The Morgan fingerprint density at radius 1 is 1.33 bits per heavy atom. The number of anilines is 1. The number of hydrogen-bond acceptors (Lipinski definition) is 7. The van der Waals surface area contributed by atoms with E-state index in [0.29, 0.717) is 17.4 Å². The standard InChI is InChI=1S/C19H24N4O4/c1-2-19(26)15(25)13(9-24)27-18(19)23-8-12(11-6-4-3-5-7-11)14-16(20)21-10-22-17(14)23/h1,8,10-11,13,15,18,24-26H,3-7,9H2,(H2,20,21,22)/t13-,15-,18-,19-/m1/s1. The van der Waals surface area contributed by atoms with Crippen LogP contribution in [0.4, 0.5) is 5.82 Å². The Balaban J connectivity index is 1.87. The number of terminal acetylenes is 1. The topological polar surface area (TPSA) is 127 Å². The Labute approximate surface area is 157 Å². The fourth-order valence-corrected chi connectivity index (χ4v) is 4.39. The van der Waals surface area contributed by atoms with Crippen LogP contribution in [0.25, 0.3) is 11.0 Å². The zero-order chi connectivity index (χ0) is 19.2. The van der Waals surface area contributed by atoms with Gasteiger partial charge in [-0.1, -0.05) is 25.2 Å². The number of aliphatic hydroxyl groups is 3. The van der Waals surface area contributed by atoms with E-state index in [-0.39, 0.29) is 0 Å². The van der Waals surface area contributed by atoms with Gasteiger partial charge in [0.1, 0.15) is 30.0 Å². The van der Waals surface area contributed by atoms with Crippen molar-refractivity contribution in [3.63, 3.8) is 0 Å². The minimum absolute atomic E-state index is 0.315. The monoisotopic (exact) mass is 372 g/mol. The number of hydrogen-bond donors (Lipinski definition) is 4. The molecule has 1 saturated heterocycles. The van der Waals surface area contributed by atoms with Crippen molar-refractivity contribution in [2.75, 3.05) is 12.3 Å². The van der Waals surface area contributed by atoms with Crippen molar-refractivity contribution in [2.24, 2.45) is 0 Å². The lowest BCUT2D eigenvalue weighted by Crippen LogP contribution is -2.45. The summed E-state index contributed by atoms with van der Waals surface area (Å²) in [6.07, 6.45) is 10.8. The predicted octanol–water partition coefficient (Wildman–Crippen LogP) is 0.676. The minimum atomic E-state index is -2.00. The molecule has 1 aliphatic heterocycles. The summed E-state index contributed by atoms with van der Waals surface area (Å²) in [6.45, 7) is -0.465. The van der Waals surface area contributed by atoms with E-state index in [4.69, 9.17) is 16.9 Å². The molecule has 144 valence electrons. The van der Waals surface area contributed by atoms with Crippen molar-refractivity contribution in [1.82, 2.24) is 14.5 Å². The summed E-state index contributed by atoms with van der Waals surface area (Å²) in [4.78, 5) is 8.47. The molecule has 0 unspecified atom stereocenters. The van der Waals surface area contributed by atoms with Crippen molar-refractivity contribution in [3.05, 3.63) is 18.1 Å². The largest absolute Gasteiger partial charge is 0.394 e. The van der Waals surface area contributed by atoms with Crippen LogP contribution in [-0.2, 0) is 4.74 Å². The summed E-state index contributed by atoms with van der Waals surface area (Å²) in [6, 6.07) is 0. The van der Waals surface area contributed by atoms with Gasteiger partial charge in [0.05, 0.1) is 12.0 Å². The Morgan fingerprint density at radius 2 is 2.07 bits per heavy atom. The van der Waals surface area contributed by atoms with Crippen LogP contribution in [0.1, 0.15) is 49.8 Å². The third-order valence-corrected chi connectivity index (χ3v) is 5.86. The van der Waals surface area contributed by atoms with E-state index in [0.717, 1.165) is 36.6 Å². The first-order valence-corrected chi connectivity index (χ1v) is 9.26. The van der Waals surface area contributed by atoms with E-state index in [2.05, 4.69) is 15.9 Å². The third-order valence-electron chi connectivity index (χ3n) is 5.86. The van der Waals surface area contributed by atoms with Crippen LogP contribution in [-0.4, -0.2) is 54.3 Å². The Bertz CT molecular complexity index is 886. The second-order valence-electron chi connectivity index (χ2n) is 7.41. The van der Waals surface area contributed by atoms with Gasteiger partial charge in [-0.05, 0) is 24.3 Å². The van der Waals surface area contributed by atoms with Crippen molar-refractivity contribution in [3.8, 4) is 12.3 Å². The van der Waals surface area contributed by atoms with Gasteiger partial charge < -0.3 is 30.4 Å². The first-order chi connectivity index (χ1) is 13.0. The molecule has 27 heavy (non-hydrogen) atoms. The van der Waals surface area contributed by atoms with E-state index in [1.807, 2.05) is 6.20 Å². The van der Waals surface area contributed by atoms with E-state index in [1.54, 1.807) is 4.57 Å². The molecule has 8 heteroatoms. The second-order valence-corrected chi connectivity index (χ2v) is 7.41. The maximum absolute atomic E-state index is 10.9. The zero-order valence-corrected chi connectivity index (χ0v) is 15.0. The van der Waals surface area contributed by atoms with Gasteiger partial charge in [-0.2, -0.15) is 0 Å². The highest BCUT2D eigenvalue weighted by Gasteiger charge is 2.55. The predicted molar refractivity (Wildman–Crippen MR) is 98.6 cm³/mol. The average molecular weight is 372 g/mol. The summed E-state index contributed by atoms with van der Waals surface area (Å²) >= 11 is 0. The van der Waals surface area contributed by atoms with Gasteiger partial charge in [0.15, 0.2) is 11.8 Å². The molecule has 0 bridgehead atoms. The lowest BCUT2D eigenvalue weighted by atomic mass is 9.84.